The third kappa shape index (κ3) is 3.60. The number of para-hydroxylation sites is 1. The molecule has 20 heavy (non-hydrogen) atoms. The van der Waals surface area contributed by atoms with Crippen LogP contribution < -0.4 is 11.1 Å². The van der Waals surface area contributed by atoms with Crippen LogP contribution in [0.2, 0.25) is 0 Å². The maximum Gasteiger partial charge on any atom is 0.224 e. The second-order valence-electron chi connectivity index (χ2n) is 6.90. The van der Waals surface area contributed by atoms with E-state index in [2.05, 4.69) is 32.2 Å². The van der Waals surface area contributed by atoms with Crippen LogP contribution in [-0.2, 0) is 10.2 Å². The van der Waals surface area contributed by atoms with E-state index >= 15 is 0 Å². The van der Waals surface area contributed by atoms with Gasteiger partial charge < -0.3 is 11.1 Å². The van der Waals surface area contributed by atoms with Crippen molar-refractivity contribution in [3.63, 3.8) is 0 Å². The van der Waals surface area contributed by atoms with Gasteiger partial charge in [0.15, 0.2) is 0 Å². The fourth-order valence-corrected chi connectivity index (χ4v) is 3.00. The molecule has 1 amide bonds. The summed E-state index contributed by atoms with van der Waals surface area (Å²) in [5, 5.41) is 3.07. The van der Waals surface area contributed by atoms with Gasteiger partial charge in [-0.2, -0.15) is 0 Å². The molecule has 3 N–H and O–H groups in total. The number of rotatable bonds is 3. The van der Waals surface area contributed by atoms with Gasteiger partial charge in [0.2, 0.25) is 5.91 Å². The molecule has 0 aromatic heterocycles. The molecule has 1 aliphatic carbocycles. The summed E-state index contributed by atoms with van der Waals surface area (Å²) in [5.41, 5.74) is 8.16. The highest BCUT2D eigenvalue weighted by Crippen LogP contribution is 2.30. The molecule has 0 unspecified atom stereocenters. The Balaban J connectivity index is 2.04. The molecule has 1 aliphatic rings. The van der Waals surface area contributed by atoms with Crippen LogP contribution in [0.3, 0.4) is 0 Å². The lowest BCUT2D eigenvalue weighted by Gasteiger charge is -2.23. The summed E-state index contributed by atoms with van der Waals surface area (Å²) in [4.78, 5) is 12.2. The maximum absolute atomic E-state index is 12.2. The van der Waals surface area contributed by atoms with Crippen LogP contribution in [0.5, 0.6) is 0 Å². The standard InChI is InChI=1S/C17H26N2O/c1-17(2,3)13-8-4-5-10-15(13)19-16(20)11-12-7-6-9-14(12)18/h4-5,8,10,12,14H,6-7,9,11,18H2,1-3H3,(H,19,20)/t12-,14+/m0/s1. The molecule has 0 heterocycles. The van der Waals surface area contributed by atoms with Gasteiger partial charge in [0.1, 0.15) is 0 Å². The topological polar surface area (TPSA) is 55.1 Å². The van der Waals surface area contributed by atoms with Gasteiger partial charge in [-0.3, -0.25) is 4.79 Å². The van der Waals surface area contributed by atoms with Gasteiger partial charge in [-0.25, -0.2) is 0 Å². The molecule has 3 nitrogen and oxygen atoms in total. The fraction of sp³-hybridized carbons (Fsp3) is 0.588. The fourth-order valence-electron chi connectivity index (χ4n) is 3.00. The highest BCUT2D eigenvalue weighted by atomic mass is 16.1. The van der Waals surface area contributed by atoms with Crippen molar-refractivity contribution >= 4 is 11.6 Å². The molecule has 2 rings (SSSR count). The van der Waals surface area contributed by atoms with Gasteiger partial charge in [0, 0.05) is 18.2 Å². The van der Waals surface area contributed by atoms with E-state index in [1.165, 1.54) is 5.56 Å². The normalized spacial score (nSPS) is 22.8. The minimum Gasteiger partial charge on any atom is -0.327 e. The van der Waals surface area contributed by atoms with Crippen LogP contribution in [0.4, 0.5) is 5.69 Å². The number of hydrogen-bond acceptors (Lipinski definition) is 2. The molecule has 0 saturated heterocycles. The lowest BCUT2D eigenvalue weighted by atomic mass is 9.85. The molecule has 2 atom stereocenters. The van der Waals surface area contributed by atoms with E-state index in [0.717, 1.165) is 24.9 Å². The smallest absolute Gasteiger partial charge is 0.224 e. The first-order chi connectivity index (χ1) is 9.38. The summed E-state index contributed by atoms with van der Waals surface area (Å²) in [6.07, 6.45) is 3.82. The van der Waals surface area contributed by atoms with E-state index < -0.39 is 0 Å². The average Bonchev–Trinajstić information content (AvgIpc) is 2.74. The molecular weight excluding hydrogens is 248 g/mol. The van der Waals surface area contributed by atoms with Gasteiger partial charge >= 0.3 is 0 Å². The van der Waals surface area contributed by atoms with E-state index in [4.69, 9.17) is 5.73 Å². The van der Waals surface area contributed by atoms with E-state index in [-0.39, 0.29) is 17.4 Å². The monoisotopic (exact) mass is 274 g/mol. The van der Waals surface area contributed by atoms with Crippen LogP contribution >= 0.6 is 0 Å². The lowest BCUT2D eigenvalue weighted by Crippen LogP contribution is -2.28. The lowest BCUT2D eigenvalue weighted by molar-refractivity contribution is -0.117. The van der Waals surface area contributed by atoms with Gasteiger partial charge in [-0.05, 0) is 35.8 Å². The molecule has 0 aliphatic heterocycles. The molecule has 110 valence electrons. The van der Waals surface area contributed by atoms with Crippen molar-refractivity contribution in [2.75, 3.05) is 5.32 Å². The number of carbonyl (C=O) groups excluding carboxylic acids is 1. The third-order valence-corrected chi connectivity index (χ3v) is 4.17. The predicted molar refractivity (Wildman–Crippen MR) is 83.7 cm³/mol. The molecule has 1 aromatic rings. The first kappa shape index (κ1) is 15.0. The highest BCUT2D eigenvalue weighted by Gasteiger charge is 2.26. The summed E-state index contributed by atoms with van der Waals surface area (Å²) < 4.78 is 0. The van der Waals surface area contributed by atoms with Gasteiger partial charge in [0.05, 0.1) is 0 Å². The number of nitrogens with one attached hydrogen (secondary N) is 1. The second kappa shape index (κ2) is 5.96. The number of carbonyl (C=O) groups is 1. The molecule has 0 bridgehead atoms. The summed E-state index contributed by atoms with van der Waals surface area (Å²) in [7, 11) is 0. The van der Waals surface area contributed by atoms with Crippen LogP contribution in [-0.4, -0.2) is 11.9 Å². The predicted octanol–water partition coefficient (Wildman–Crippen LogP) is 3.44. The van der Waals surface area contributed by atoms with Crippen molar-refractivity contribution in [3.05, 3.63) is 29.8 Å². The molecule has 3 heteroatoms. The Hall–Kier alpha value is -1.35. The zero-order valence-electron chi connectivity index (χ0n) is 12.8. The Kier molecular flexibility index (Phi) is 4.48. The van der Waals surface area contributed by atoms with Gasteiger partial charge in [-0.15, -0.1) is 0 Å². The van der Waals surface area contributed by atoms with Crippen LogP contribution in [0.1, 0.15) is 52.0 Å². The third-order valence-electron chi connectivity index (χ3n) is 4.17. The number of nitrogens with two attached hydrogens (primary N) is 1. The molecule has 0 radical (unpaired) electrons. The quantitative estimate of drug-likeness (QED) is 0.887. The first-order valence-electron chi connectivity index (χ1n) is 7.53. The number of benzene rings is 1. The van der Waals surface area contributed by atoms with Crippen LogP contribution in [0, 0.1) is 5.92 Å². The van der Waals surface area contributed by atoms with Crippen molar-refractivity contribution in [1.82, 2.24) is 0 Å². The molecule has 1 saturated carbocycles. The molecule has 1 aromatic carbocycles. The average molecular weight is 274 g/mol. The Morgan fingerprint density at radius 1 is 1.30 bits per heavy atom. The second-order valence-corrected chi connectivity index (χ2v) is 6.90. The molecular formula is C17H26N2O. The Bertz CT molecular complexity index is 476. The SMILES string of the molecule is CC(C)(C)c1ccccc1NC(=O)C[C@@H]1CCC[C@H]1N. The summed E-state index contributed by atoms with van der Waals surface area (Å²) in [6.45, 7) is 6.47. The van der Waals surface area contributed by atoms with Crippen molar-refractivity contribution in [2.24, 2.45) is 11.7 Å². The minimum atomic E-state index is 0.0215. The van der Waals surface area contributed by atoms with Gasteiger partial charge in [-0.1, -0.05) is 45.4 Å². The summed E-state index contributed by atoms with van der Waals surface area (Å²) in [6, 6.07) is 8.23. The zero-order chi connectivity index (χ0) is 14.8. The van der Waals surface area contributed by atoms with E-state index in [9.17, 15) is 4.79 Å². The number of hydrogen-bond donors (Lipinski definition) is 2. The van der Waals surface area contributed by atoms with E-state index in [1.54, 1.807) is 0 Å². The number of anilines is 1. The summed E-state index contributed by atoms with van der Waals surface area (Å²) >= 11 is 0. The molecule has 0 spiro atoms. The Morgan fingerprint density at radius 2 is 2.00 bits per heavy atom. The highest BCUT2D eigenvalue weighted by molar-refractivity contribution is 5.91. The first-order valence-corrected chi connectivity index (χ1v) is 7.53. The number of amides is 1. The van der Waals surface area contributed by atoms with Crippen molar-refractivity contribution in [3.8, 4) is 0 Å². The Labute approximate surface area is 121 Å². The van der Waals surface area contributed by atoms with Crippen molar-refractivity contribution < 1.29 is 4.79 Å². The minimum absolute atomic E-state index is 0.0215. The van der Waals surface area contributed by atoms with E-state index in [0.29, 0.717) is 12.3 Å². The largest absolute Gasteiger partial charge is 0.327 e. The van der Waals surface area contributed by atoms with E-state index in [1.807, 2.05) is 18.2 Å². The summed E-state index contributed by atoms with van der Waals surface area (Å²) in [5.74, 6) is 0.431. The molecule has 1 fully saturated rings. The Morgan fingerprint density at radius 3 is 2.60 bits per heavy atom. The van der Waals surface area contributed by atoms with Crippen LogP contribution in [0.25, 0.3) is 0 Å². The van der Waals surface area contributed by atoms with Crippen molar-refractivity contribution in [1.29, 1.82) is 0 Å². The van der Waals surface area contributed by atoms with Gasteiger partial charge in [0.25, 0.3) is 0 Å². The maximum atomic E-state index is 12.2. The zero-order valence-corrected chi connectivity index (χ0v) is 12.8. The van der Waals surface area contributed by atoms with Crippen molar-refractivity contribution in [2.45, 2.75) is 57.9 Å². The van der Waals surface area contributed by atoms with Crippen LogP contribution in [0.15, 0.2) is 24.3 Å².